The summed E-state index contributed by atoms with van der Waals surface area (Å²) in [5, 5.41) is 0.0715. The van der Waals surface area contributed by atoms with Gasteiger partial charge in [0.05, 0.1) is 11.1 Å². The number of halogens is 1. The molecule has 26 heavy (non-hydrogen) atoms. The number of aromatic nitrogens is 2. The van der Waals surface area contributed by atoms with Crippen molar-refractivity contribution in [2.45, 2.75) is 23.8 Å². The molecule has 0 bridgehead atoms. The molecule has 1 heterocycles. The van der Waals surface area contributed by atoms with E-state index in [4.69, 9.17) is 11.6 Å². The van der Waals surface area contributed by atoms with Gasteiger partial charge in [-0.25, -0.2) is 18.1 Å². The molecule has 1 atom stereocenters. The van der Waals surface area contributed by atoms with Gasteiger partial charge in [0.1, 0.15) is 10.7 Å². The van der Waals surface area contributed by atoms with Gasteiger partial charge >= 0.3 is 0 Å². The number of rotatable bonds is 6. The van der Waals surface area contributed by atoms with Gasteiger partial charge in [0, 0.05) is 39.1 Å². The van der Waals surface area contributed by atoms with E-state index in [0.717, 1.165) is 12.8 Å². The Kier molecular flexibility index (Phi) is 5.09. The molecule has 0 aliphatic heterocycles. The lowest BCUT2D eigenvalue weighted by atomic mass is 10.2. The summed E-state index contributed by atoms with van der Waals surface area (Å²) in [7, 11) is 1.11. The number of imidazole rings is 1. The number of amides is 1. The maximum Gasteiger partial charge on any atom is 0.253 e. The molecule has 140 valence electrons. The maximum atomic E-state index is 13.0. The Labute approximate surface area is 158 Å². The first kappa shape index (κ1) is 18.9. The fourth-order valence-electron chi connectivity index (χ4n) is 2.80. The molecule has 1 aliphatic rings. The highest BCUT2D eigenvalue weighted by Crippen LogP contribution is 2.41. The number of nitrogens with one attached hydrogen (secondary N) is 1. The molecule has 1 aromatic carbocycles. The van der Waals surface area contributed by atoms with Crippen molar-refractivity contribution in [2.75, 3.05) is 14.1 Å². The summed E-state index contributed by atoms with van der Waals surface area (Å²) in [6.45, 7) is 0. The van der Waals surface area contributed by atoms with E-state index in [0.29, 0.717) is 5.82 Å². The van der Waals surface area contributed by atoms with Crippen LogP contribution in [0.3, 0.4) is 0 Å². The van der Waals surface area contributed by atoms with Gasteiger partial charge in [0.15, 0.2) is 0 Å². The largest absolute Gasteiger partial charge is 0.345 e. The highest BCUT2D eigenvalue weighted by molar-refractivity contribution is 7.89. The summed E-state index contributed by atoms with van der Waals surface area (Å²) in [6.07, 6.45) is 5.30. The average molecular weight is 397 g/mol. The SMILES string of the molecule is CN(C)C(=O)c1ccc(Cl)c(S(=O)(=O)NC(c2nccn2C)C2CC2)c1. The molecule has 0 saturated heterocycles. The Balaban J connectivity index is 1.96. The van der Waals surface area contributed by atoms with Crippen LogP contribution >= 0.6 is 11.6 Å². The zero-order chi connectivity index (χ0) is 19.1. The smallest absolute Gasteiger partial charge is 0.253 e. The van der Waals surface area contributed by atoms with Crippen molar-refractivity contribution in [3.63, 3.8) is 0 Å². The number of benzene rings is 1. The minimum atomic E-state index is -3.93. The lowest BCUT2D eigenvalue weighted by Gasteiger charge is -2.19. The number of carbonyl (C=O) groups is 1. The van der Waals surface area contributed by atoms with Crippen LogP contribution < -0.4 is 4.72 Å². The minimum Gasteiger partial charge on any atom is -0.345 e. The van der Waals surface area contributed by atoms with E-state index in [2.05, 4.69) is 9.71 Å². The Hall–Kier alpha value is -1.90. The van der Waals surface area contributed by atoms with Crippen LogP contribution in [0.2, 0.25) is 5.02 Å². The van der Waals surface area contributed by atoms with Crippen molar-refractivity contribution in [1.29, 1.82) is 0 Å². The molecule has 1 amide bonds. The maximum absolute atomic E-state index is 13.0. The van der Waals surface area contributed by atoms with E-state index in [-0.39, 0.29) is 27.3 Å². The van der Waals surface area contributed by atoms with E-state index >= 15 is 0 Å². The Morgan fingerprint density at radius 1 is 1.38 bits per heavy atom. The van der Waals surface area contributed by atoms with E-state index in [1.807, 2.05) is 7.05 Å². The van der Waals surface area contributed by atoms with Crippen LogP contribution in [0.25, 0.3) is 0 Å². The van der Waals surface area contributed by atoms with Crippen molar-refractivity contribution in [1.82, 2.24) is 19.2 Å². The topological polar surface area (TPSA) is 84.3 Å². The fraction of sp³-hybridized carbons (Fsp3) is 0.412. The molecular formula is C17H21ClN4O3S. The zero-order valence-electron chi connectivity index (χ0n) is 14.8. The molecule has 1 fully saturated rings. The molecule has 1 saturated carbocycles. The fourth-order valence-corrected chi connectivity index (χ4v) is 4.59. The lowest BCUT2D eigenvalue weighted by molar-refractivity contribution is 0.0827. The Morgan fingerprint density at radius 2 is 2.08 bits per heavy atom. The average Bonchev–Trinajstić information content (AvgIpc) is 3.34. The van der Waals surface area contributed by atoms with Crippen molar-refractivity contribution in [3.8, 4) is 0 Å². The number of hydrogen-bond acceptors (Lipinski definition) is 4. The van der Waals surface area contributed by atoms with E-state index in [1.165, 1.54) is 23.1 Å². The van der Waals surface area contributed by atoms with Crippen LogP contribution in [0.5, 0.6) is 0 Å². The molecule has 9 heteroatoms. The Bertz CT molecular complexity index is 935. The predicted molar refractivity (Wildman–Crippen MR) is 98.5 cm³/mol. The molecule has 7 nitrogen and oxygen atoms in total. The first-order valence-corrected chi connectivity index (χ1v) is 10.1. The van der Waals surface area contributed by atoms with Crippen molar-refractivity contribution in [3.05, 3.63) is 47.0 Å². The molecule has 0 spiro atoms. The normalized spacial score (nSPS) is 15.7. The second-order valence-corrected chi connectivity index (χ2v) is 8.77. The summed E-state index contributed by atoms with van der Waals surface area (Å²) in [5.41, 5.74) is 0.264. The molecule has 1 N–H and O–H groups in total. The quantitative estimate of drug-likeness (QED) is 0.811. The molecule has 0 radical (unpaired) electrons. The monoisotopic (exact) mass is 396 g/mol. The Morgan fingerprint density at radius 3 is 2.62 bits per heavy atom. The van der Waals surface area contributed by atoms with Crippen LogP contribution in [0, 0.1) is 5.92 Å². The third-order valence-electron chi connectivity index (χ3n) is 4.39. The third kappa shape index (κ3) is 3.77. The molecule has 1 unspecified atom stereocenters. The van der Waals surface area contributed by atoms with Crippen molar-refractivity contribution >= 4 is 27.5 Å². The summed E-state index contributed by atoms with van der Waals surface area (Å²) < 4.78 is 30.5. The molecule has 1 aromatic heterocycles. The van der Waals surface area contributed by atoms with Gasteiger partial charge in [-0.2, -0.15) is 0 Å². The standard InChI is InChI=1S/C17H21ClN4O3S/c1-21(2)17(23)12-6-7-13(18)14(10-12)26(24,25)20-15(11-4-5-11)16-19-8-9-22(16)3/h6-11,15,20H,4-5H2,1-3H3. The van der Waals surface area contributed by atoms with Gasteiger partial charge in [0.2, 0.25) is 10.0 Å². The van der Waals surface area contributed by atoms with E-state index in [9.17, 15) is 13.2 Å². The number of hydrogen-bond donors (Lipinski definition) is 1. The summed E-state index contributed by atoms with van der Waals surface area (Å²) in [5.74, 6) is 0.574. The van der Waals surface area contributed by atoms with Crippen LogP contribution in [0.4, 0.5) is 0 Å². The van der Waals surface area contributed by atoms with Crippen LogP contribution in [0.15, 0.2) is 35.5 Å². The van der Waals surface area contributed by atoms with Crippen LogP contribution in [0.1, 0.15) is 35.1 Å². The minimum absolute atomic E-state index is 0.0715. The number of carbonyl (C=O) groups excluding carboxylic acids is 1. The molecular weight excluding hydrogens is 376 g/mol. The van der Waals surface area contributed by atoms with Gasteiger partial charge in [-0.3, -0.25) is 4.79 Å². The summed E-state index contributed by atoms with van der Waals surface area (Å²) >= 11 is 6.13. The summed E-state index contributed by atoms with van der Waals surface area (Å²) in [6, 6.07) is 3.83. The van der Waals surface area contributed by atoms with Gasteiger partial charge in [-0.15, -0.1) is 0 Å². The second-order valence-electron chi connectivity index (χ2n) is 6.68. The summed E-state index contributed by atoms with van der Waals surface area (Å²) in [4.78, 5) is 17.7. The number of sulfonamides is 1. The van der Waals surface area contributed by atoms with Gasteiger partial charge in [-0.05, 0) is 37.0 Å². The van der Waals surface area contributed by atoms with Gasteiger partial charge in [-0.1, -0.05) is 11.6 Å². The zero-order valence-corrected chi connectivity index (χ0v) is 16.4. The van der Waals surface area contributed by atoms with Crippen molar-refractivity contribution < 1.29 is 13.2 Å². The lowest BCUT2D eigenvalue weighted by Crippen LogP contribution is -2.32. The van der Waals surface area contributed by atoms with Gasteiger partial charge < -0.3 is 9.47 Å². The first-order valence-electron chi connectivity index (χ1n) is 8.21. The molecule has 3 rings (SSSR count). The van der Waals surface area contributed by atoms with Crippen LogP contribution in [-0.4, -0.2) is 42.9 Å². The third-order valence-corrected chi connectivity index (χ3v) is 6.31. The van der Waals surface area contributed by atoms with Crippen molar-refractivity contribution in [2.24, 2.45) is 13.0 Å². The highest BCUT2D eigenvalue weighted by Gasteiger charge is 2.38. The molecule has 1 aliphatic carbocycles. The number of aryl methyl sites for hydroxylation is 1. The number of nitrogens with zero attached hydrogens (tertiary/aromatic N) is 3. The van der Waals surface area contributed by atoms with Gasteiger partial charge in [0.25, 0.3) is 5.91 Å². The first-order chi connectivity index (χ1) is 12.2. The predicted octanol–water partition coefficient (Wildman–Crippen LogP) is 2.20. The second kappa shape index (κ2) is 7.02. The van der Waals surface area contributed by atoms with E-state index < -0.39 is 16.1 Å². The van der Waals surface area contributed by atoms with Crippen LogP contribution in [-0.2, 0) is 17.1 Å². The molecule has 2 aromatic rings. The highest BCUT2D eigenvalue weighted by atomic mass is 35.5. The van der Waals surface area contributed by atoms with E-state index in [1.54, 1.807) is 31.1 Å².